The van der Waals surface area contributed by atoms with Crippen molar-refractivity contribution in [3.05, 3.63) is 64.7 Å². The molecule has 0 radical (unpaired) electrons. The maximum atomic E-state index is 12.6. The Hall–Kier alpha value is -1.92. The molecular weight excluding hydrogens is 324 g/mol. The number of nitrogens with one attached hydrogen (secondary N) is 4. The van der Waals surface area contributed by atoms with Crippen molar-refractivity contribution in [1.29, 1.82) is 0 Å². The molecule has 1 saturated heterocycles. The van der Waals surface area contributed by atoms with E-state index >= 15 is 0 Å². The molecule has 1 heterocycles. The van der Waals surface area contributed by atoms with Crippen LogP contribution in [0.3, 0.4) is 0 Å². The Morgan fingerprint density at radius 2 is 1.88 bits per heavy atom. The molecule has 2 aromatic rings. The smallest absolute Gasteiger partial charge is 0.244 e. The minimum atomic E-state index is -0.451. The first-order chi connectivity index (χ1) is 11.5. The summed E-state index contributed by atoms with van der Waals surface area (Å²) in [6, 6.07) is 14.7. The molecule has 1 fully saturated rings. The lowest BCUT2D eigenvalue weighted by molar-refractivity contribution is -0.118. The van der Waals surface area contributed by atoms with E-state index in [1.54, 1.807) is 0 Å². The summed E-state index contributed by atoms with van der Waals surface area (Å²) in [7, 11) is 0. The lowest BCUT2D eigenvalue weighted by atomic mass is 10.00. The fraction of sp³-hybridized carbons (Fsp3) is 0.278. The van der Waals surface area contributed by atoms with E-state index in [9.17, 15) is 4.79 Å². The zero-order valence-corrected chi connectivity index (χ0v) is 14.4. The Balaban J connectivity index is 1.71. The van der Waals surface area contributed by atoms with Crippen LogP contribution in [0.25, 0.3) is 0 Å². The summed E-state index contributed by atoms with van der Waals surface area (Å²) < 4.78 is 0. The van der Waals surface area contributed by atoms with Gasteiger partial charge in [0.1, 0.15) is 6.04 Å². The topological polar surface area (TPSA) is 65.2 Å². The third-order valence-corrected chi connectivity index (χ3v) is 4.36. The molecular formula is C18H21ClN4O. The Kier molecular flexibility index (Phi) is 5.16. The predicted octanol–water partition coefficient (Wildman–Crippen LogP) is 3.12. The quantitative estimate of drug-likeness (QED) is 0.688. The Bertz CT molecular complexity index is 717. The Morgan fingerprint density at radius 1 is 1.12 bits per heavy atom. The van der Waals surface area contributed by atoms with Gasteiger partial charge < -0.3 is 5.32 Å². The molecule has 3 rings (SSSR count). The van der Waals surface area contributed by atoms with E-state index in [1.807, 2.05) is 48.5 Å². The van der Waals surface area contributed by atoms with E-state index in [4.69, 9.17) is 11.6 Å². The third kappa shape index (κ3) is 3.76. The van der Waals surface area contributed by atoms with Crippen molar-refractivity contribution in [2.75, 3.05) is 5.32 Å². The maximum absolute atomic E-state index is 12.6. The zero-order valence-electron chi connectivity index (χ0n) is 13.6. The van der Waals surface area contributed by atoms with Crippen LogP contribution in [0.15, 0.2) is 48.5 Å². The molecule has 4 N–H and O–H groups in total. The van der Waals surface area contributed by atoms with Crippen molar-refractivity contribution in [2.45, 2.75) is 31.8 Å². The number of hydrogen-bond acceptors (Lipinski definition) is 4. The van der Waals surface area contributed by atoms with Crippen LogP contribution in [-0.2, 0) is 4.79 Å². The number of halogens is 1. The molecule has 1 aliphatic rings. The molecule has 6 heteroatoms. The highest BCUT2D eigenvalue weighted by atomic mass is 35.5. The van der Waals surface area contributed by atoms with Gasteiger partial charge in [-0.25, -0.2) is 10.9 Å². The molecule has 0 saturated carbocycles. The van der Waals surface area contributed by atoms with Crippen LogP contribution in [0, 0.1) is 0 Å². The van der Waals surface area contributed by atoms with Crippen LogP contribution >= 0.6 is 11.6 Å². The first-order valence-electron chi connectivity index (χ1n) is 7.97. The standard InChI is InChI=1S/C18H21ClN4O/c1-11(2)12-6-8-15(9-7-12)20-18(24)17-16(21-23-22-17)13-4-3-5-14(19)10-13/h3-11,16-17,21-23H,1-2H3,(H,20,24). The van der Waals surface area contributed by atoms with E-state index in [0.717, 1.165) is 11.3 Å². The highest BCUT2D eigenvalue weighted by Gasteiger charge is 2.33. The first-order valence-corrected chi connectivity index (χ1v) is 8.35. The van der Waals surface area contributed by atoms with Crippen molar-refractivity contribution < 1.29 is 4.79 Å². The second-order valence-electron chi connectivity index (χ2n) is 6.19. The highest BCUT2D eigenvalue weighted by molar-refractivity contribution is 6.30. The summed E-state index contributed by atoms with van der Waals surface area (Å²) in [5.74, 6) is 0.349. The van der Waals surface area contributed by atoms with Crippen molar-refractivity contribution in [3.8, 4) is 0 Å². The molecule has 5 nitrogen and oxygen atoms in total. The number of carbonyl (C=O) groups excluding carboxylic acids is 1. The Labute approximate surface area is 146 Å². The monoisotopic (exact) mass is 344 g/mol. The largest absolute Gasteiger partial charge is 0.325 e. The van der Waals surface area contributed by atoms with Gasteiger partial charge in [0.05, 0.1) is 6.04 Å². The van der Waals surface area contributed by atoms with Crippen molar-refractivity contribution in [1.82, 2.24) is 16.4 Å². The SMILES string of the molecule is CC(C)c1ccc(NC(=O)C2NNNC2c2cccc(Cl)c2)cc1. The molecule has 0 aromatic heterocycles. The van der Waals surface area contributed by atoms with Gasteiger partial charge >= 0.3 is 0 Å². The van der Waals surface area contributed by atoms with E-state index in [0.29, 0.717) is 10.9 Å². The molecule has 0 spiro atoms. The highest BCUT2D eigenvalue weighted by Crippen LogP contribution is 2.23. The lowest BCUT2D eigenvalue weighted by Crippen LogP contribution is -2.41. The van der Waals surface area contributed by atoms with E-state index in [-0.39, 0.29) is 11.9 Å². The van der Waals surface area contributed by atoms with E-state index in [1.165, 1.54) is 5.56 Å². The molecule has 126 valence electrons. The summed E-state index contributed by atoms with van der Waals surface area (Å²) >= 11 is 6.05. The van der Waals surface area contributed by atoms with Crippen molar-refractivity contribution in [2.24, 2.45) is 0 Å². The molecule has 0 aliphatic carbocycles. The summed E-state index contributed by atoms with van der Waals surface area (Å²) in [5.41, 5.74) is 11.8. The molecule has 24 heavy (non-hydrogen) atoms. The van der Waals surface area contributed by atoms with Gasteiger partial charge in [-0.05, 0) is 41.3 Å². The second kappa shape index (κ2) is 7.32. The van der Waals surface area contributed by atoms with Crippen LogP contribution in [-0.4, -0.2) is 11.9 Å². The van der Waals surface area contributed by atoms with Crippen LogP contribution in [0.4, 0.5) is 5.69 Å². The molecule has 1 aliphatic heterocycles. The third-order valence-electron chi connectivity index (χ3n) is 4.12. The second-order valence-corrected chi connectivity index (χ2v) is 6.63. The van der Waals surface area contributed by atoms with Gasteiger partial charge in [-0.15, -0.1) is 0 Å². The number of hydrogen-bond donors (Lipinski definition) is 4. The van der Waals surface area contributed by atoms with Gasteiger partial charge in [-0.1, -0.05) is 49.7 Å². The molecule has 2 aromatic carbocycles. The molecule has 0 bridgehead atoms. The summed E-state index contributed by atoms with van der Waals surface area (Å²) in [6.07, 6.45) is 0. The number of anilines is 1. The van der Waals surface area contributed by atoms with Gasteiger partial charge in [0.25, 0.3) is 0 Å². The number of carbonyl (C=O) groups is 1. The number of hydrazine groups is 2. The minimum Gasteiger partial charge on any atom is -0.325 e. The van der Waals surface area contributed by atoms with E-state index < -0.39 is 6.04 Å². The molecule has 1 amide bonds. The first kappa shape index (κ1) is 16.9. The van der Waals surface area contributed by atoms with Crippen LogP contribution in [0.5, 0.6) is 0 Å². The maximum Gasteiger partial charge on any atom is 0.244 e. The van der Waals surface area contributed by atoms with Gasteiger partial charge in [-0.3, -0.25) is 4.79 Å². The summed E-state index contributed by atoms with van der Waals surface area (Å²) in [5, 5.41) is 3.59. The van der Waals surface area contributed by atoms with Gasteiger partial charge in [-0.2, -0.15) is 5.53 Å². The zero-order chi connectivity index (χ0) is 17.1. The van der Waals surface area contributed by atoms with Gasteiger partial charge in [0, 0.05) is 10.7 Å². The fourth-order valence-electron chi connectivity index (χ4n) is 2.73. The lowest BCUT2D eigenvalue weighted by Gasteiger charge is -2.18. The average molecular weight is 345 g/mol. The van der Waals surface area contributed by atoms with Crippen molar-refractivity contribution >= 4 is 23.2 Å². The average Bonchev–Trinajstić information content (AvgIpc) is 3.05. The summed E-state index contributed by atoms with van der Waals surface area (Å²) in [6.45, 7) is 4.28. The predicted molar refractivity (Wildman–Crippen MR) is 96.5 cm³/mol. The minimum absolute atomic E-state index is 0.116. The normalized spacial score (nSPS) is 20.3. The molecule has 2 atom stereocenters. The number of benzene rings is 2. The number of rotatable bonds is 4. The Morgan fingerprint density at radius 3 is 2.54 bits per heavy atom. The van der Waals surface area contributed by atoms with Crippen LogP contribution in [0.1, 0.15) is 36.9 Å². The van der Waals surface area contributed by atoms with Crippen LogP contribution < -0.4 is 21.7 Å². The van der Waals surface area contributed by atoms with Crippen molar-refractivity contribution in [3.63, 3.8) is 0 Å². The van der Waals surface area contributed by atoms with Crippen LogP contribution in [0.2, 0.25) is 5.02 Å². The summed E-state index contributed by atoms with van der Waals surface area (Å²) in [4.78, 5) is 12.6. The number of amides is 1. The fourth-order valence-corrected chi connectivity index (χ4v) is 2.93. The molecule has 2 unspecified atom stereocenters. The van der Waals surface area contributed by atoms with E-state index in [2.05, 4.69) is 35.6 Å². The van der Waals surface area contributed by atoms with Gasteiger partial charge in [0.2, 0.25) is 5.91 Å². The van der Waals surface area contributed by atoms with Gasteiger partial charge in [0.15, 0.2) is 0 Å².